The molecule has 1 saturated heterocycles. The van der Waals surface area contributed by atoms with Gasteiger partial charge >= 0.3 is 5.92 Å². The average Bonchev–Trinajstić information content (AvgIpc) is 3.47. The molecule has 218 valence electrons. The number of amides is 1. The second-order valence-corrected chi connectivity index (χ2v) is 11.7. The maximum atomic E-state index is 16.0. The summed E-state index contributed by atoms with van der Waals surface area (Å²) in [5.74, 6) is -6.01. The predicted molar refractivity (Wildman–Crippen MR) is 145 cm³/mol. The highest BCUT2D eigenvalue weighted by molar-refractivity contribution is 7.89. The normalized spacial score (nSPS) is 16.4. The van der Waals surface area contributed by atoms with E-state index in [1.165, 1.54) is 24.3 Å². The van der Waals surface area contributed by atoms with Gasteiger partial charge in [0, 0.05) is 25.3 Å². The Morgan fingerprint density at radius 2 is 1.56 bits per heavy atom. The molecule has 0 unspecified atom stereocenters. The number of anilines is 1. The molecule has 12 heteroatoms. The molecule has 1 fully saturated rings. The first-order chi connectivity index (χ1) is 19.5. The zero-order chi connectivity index (χ0) is 29.6. The summed E-state index contributed by atoms with van der Waals surface area (Å²) in [6.07, 6.45) is -1.95. The van der Waals surface area contributed by atoms with Gasteiger partial charge in [-0.05, 0) is 41.8 Å². The van der Waals surface area contributed by atoms with E-state index in [1.807, 2.05) is 0 Å². The summed E-state index contributed by atoms with van der Waals surface area (Å²) in [5.41, 5.74) is 6.81. The Morgan fingerprint density at radius 3 is 2.10 bits per heavy atom. The van der Waals surface area contributed by atoms with Gasteiger partial charge in [-0.25, -0.2) is 8.42 Å². The van der Waals surface area contributed by atoms with Crippen LogP contribution in [0.3, 0.4) is 0 Å². The van der Waals surface area contributed by atoms with Crippen molar-refractivity contribution in [3.8, 4) is 0 Å². The van der Waals surface area contributed by atoms with E-state index in [0.29, 0.717) is 20.3 Å². The average molecular weight is 587 g/mol. The monoisotopic (exact) mass is 586 g/mol. The van der Waals surface area contributed by atoms with Crippen molar-refractivity contribution < 1.29 is 36.6 Å². The number of nitrogen functional groups attached to an aromatic ring is 1. The number of hydrogen-bond donors (Lipinski definition) is 1. The number of rotatable bonds is 12. The zero-order valence-corrected chi connectivity index (χ0v) is 22.9. The van der Waals surface area contributed by atoms with Crippen molar-refractivity contribution in [1.29, 1.82) is 0 Å². The quantitative estimate of drug-likeness (QED) is 0.323. The van der Waals surface area contributed by atoms with Gasteiger partial charge in [0.1, 0.15) is 6.09 Å². The summed E-state index contributed by atoms with van der Waals surface area (Å²) >= 11 is 0. The first-order valence-electron chi connectivity index (χ1n) is 12.9. The number of Topliss-reactive ketones (excluding diaryl/α,β-unsaturated/α-hetero) is 1. The number of ether oxygens (including phenoxy) is 1. The highest BCUT2D eigenvalue weighted by Crippen LogP contribution is 2.29. The molecule has 41 heavy (non-hydrogen) atoms. The maximum absolute atomic E-state index is 16.0. The molecule has 1 aliphatic rings. The molecule has 2 atom stereocenters. The molecule has 4 rings (SSSR count). The van der Waals surface area contributed by atoms with Crippen molar-refractivity contribution in [2.45, 2.75) is 42.3 Å². The Labute approximate surface area is 237 Å². The fourth-order valence-corrected chi connectivity index (χ4v) is 6.20. The second-order valence-electron chi connectivity index (χ2n) is 9.79. The van der Waals surface area contributed by atoms with Crippen LogP contribution in [0.2, 0.25) is 0 Å². The van der Waals surface area contributed by atoms with E-state index in [4.69, 9.17) is 10.5 Å². The fraction of sp³-hybridized carbons (Fsp3) is 0.310. The van der Waals surface area contributed by atoms with Crippen molar-refractivity contribution in [2.24, 2.45) is 0 Å². The zero-order valence-electron chi connectivity index (χ0n) is 22.1. The number of carbonyl (C=O) groups excluding carboxylic acids is 2. The smallest absolute Gasteiger partial charge is 0.320 e. The Bertz CT molecular complexity index is 1430. The lowest BCUT2D eigenvalue weighted by Gasteiger charge is -2.39. The van der Waals surface area contributed by atoms with Crippen molar-refractivity contribution >= 4 is 27.6 Å². The molecular weight excluding hydrogens is 556 g/mol. The first-order valence-corrected chi connectivity index (χ1v) is 14.4. The van der Waals surface area contributed by atoms with Crippen LogP contribution in [-0.4, -0.2) is 67.3 Å². The summed E-state index contributed by atoms with van der Waals surface area (Å²) < 4.78 is 64.9. The number of carbonyl (C=O) groups is 2. The van der Waals surface area contributed by atoms with E-state index in [2.05, 4.69) is 0 Å². The number of alkyl halides is 2. The summed E-state index contributed by atoms with van der Waals surface area (Å²) in [4.78, 5) is 26.2. The van der Waals surface area contributed by atoms with E-state index in [-0.39, 0.29) is 36.6 Å². The van der Waals surface area contributed by atoms with Crippen molar-refractivity contribution in [2.75, 3.05) is 25.5 Å². The van der Waals surface area contributed by atoms with Gasteiger partial charge in [-0.1, -0.05) is 60.7 Å². The largest absolute Gasteiger partial charge is 0.530 e. The Balaban J connectivity index is 1.71. The minimum absolute atomic E-state index is 0.0796. The van der Waals surface area contributed by atoms with Crippen LogP contribution in [0.1, 0.15) is 17.5 Å². The molecule has 1 aliphatic heterocycles. The summed E-state index contributed by atoms with van der Waals surface area (Å²) in [6.45, 7) is -1.85. The molecule has 1 amide bonds. The summed E-state index contributed by atoms with van der Waals surface area (Å²) in [7, 11) is -4.54. The van der Waals surface area contributed by atoms with E-state index in [0.717, 1.165) is 0 Å². The molecule has 0 saturated carbocycles. The van der Waals surface area contributed by atoms with Gasteiger partial charge in [-0.15, -0.1) is 0 Å². The van der Waals surface area contributed by atoms with Crippen molar-refractivity contribution in [1.82, 2.24) is 9.21 Å². The summed E-state index contributed by atoms with van der Waals surface area (Å²) in [5, 5.41) is 12.2. The van der Waals surface area contributed by atoms with E-state index >= 15 is 8.78 Å². The van der Waals surface area contributed by atoms with Crippen LogP contribution in [0.25, 0.3) is 0 Å². The SMILES string of the molecule is Nc1ccc(S(=O)(=O)N(Cc2ccccc2)CC(F)(F)C(=O)[C@@H](Cc2ccccc2)N(C(=O)[O-])[C@H]2CCOC2)cc1. The standard InChI is InChI=1S/C29H31F2N3O6S/c30-29(31,20-33(18-22-9-5-2-6-10-22)41(38,39)25-13-11-23(32)12-14-25)27(35)26(17-21-7-3-1-4-8-21)34(28(36)37)24-15-16-40-19-24/h1-14,24,26H,15-20,32H2,(H,36,37)/p-1/t24-,26+/m0/s1. The second kappa shape index (κ2) is 12.8. The Kier molecular flexibility index (Phi) is 9.36. The van der Waals surface area contributed by atoms with Gasteiger partial charge in [0.05, 0.1) is 30.1 Å². The van der Waals surface area contributed by atoms with Crippen LogP contribution in [0.4, 0.5) is 19.3 Å². The molecule has 0 spiro atoms. The van der Waals surface area contributed by atoms with Gasteiger partial charge in [0.15, 0.2) is 0 Å². The van der Waals surface area contributed by atoms with Gasteiger partial charge in [-0.2, -0.15) is 13.1 Å². The molecule has 3 aromatic carbocycles. The third kappa shape index (κ3) is 7.26. The van der Waals surface area contributed by atoms with Crippen LogP contribution in [0.15, 0.2) is 89.8 Å². The number of sulfonamides is 1. The molecule has 0 aromatic heterocycles. The molecule has 9 nitrogen and oxygen atoms in total. The third-order valence-corrected chi connectivity index (χ3v) is 8.68. The molecular formula is C29H30F2N3O6S-. The van der Waals surface area contributed by atoms with E-state index < -0.39 is 53.0 Å². The number of hydrogen-bond acceptors (Lipinski definition) is 7. The Morgan fingerprint density at radius 1 is 0.976 bits per heavy atom. The van der Waals surface area contributed by atoms with Crippen molar-refractivity contribution in [3.05, 3.63) is 96.1 Å². The number of nitrogens with two attached hydrogens (primary N) is 1. The molecule has 0 bridgehead atoms. The van der Waals surface area contributed by atoms with Gasteiger partial charge in [0.25, 0.3) is 0 Å². The van der Waals surface area contributed by atoms with Gasteiger partial charge in [0.2, 0.25) is 15.8 Å². The number of benzene rings is 3. The van der Waals surface area contributed by atoms with Crippen LogP contribution >= 0.6 is 0 Å². The molecule has 3 aromatic rings. The minimum Gasteiger partial charge on any atom is -0.530 e. The molecule has 1 heterocycles. The molecule has 2 N–H and O–H groups in total. The van der Waals surface area contributed by atoms with E-state index in [9.17, 15) is 23.1 Å². The minimum atomic E-state index is -4.54. The van der Waals surface area contributed by atoms with Gasteiger partial charge < -0.3 is 25.3 Å². The molecule has 0 radical (unpaired) electrons. The van der Waals surface area contributed by atoms with Crippen LogP contribution in [0.5, 0.6) is 0 Å². The van der Waals surface area contributed by atoms with Crippen molar-refractivity contribution in [3.63, 3.8) is 0 Å². The Hall–Kier alpha value is -3.87. The predicted octanol–water partition coefficient (Wildman–Crippen LogP) is 2.71. The third-order valence-electron chi connectivity index (χ3n) is 6.88. The lowest BCUT2D eigenvalue weighted by atomic mass is 9.95. The maximum Gasteiger partial charge on any atom is 0.320 e. The van der Waals surface area contributed by atoms with E-state index in [1.54, 1.807) is 60.7 Å². The topological polar surface area (TPSA) is 133 Å². The lowest BCUT2D eigenvalue weighted by molar-refractivity contribution is -0.270. The van der Waals surface area contributed by atoms with Crippen LogP contribution < -0.4 is 10.8 Å². The lowest BCUT2D eigenvalue weighted by Crippen LogP contribution is -2.60. The van der Waals surface area contributed by atoms with Crippen LogP contribution in [0, 0.1) is 0 Å². The number of ketones is 1. The number of carboxylic acid groups (broad SMARTS) is 1. The highest BCUT2D eigenvalue weighted by Gasteiger charge is 2.49. The van der Waals surface area contributed by atoms with Gasteiger partial charge in [-0.3, -0.25) is 4.79 Å². The number of halogens is 2. The molecule has 0 aliphatic carbocycles. The number of nitrogens with zero attached hydrogens (tertiary/aromatic N) is 2. The van der Waals surface area contributed by atoms with Crippen LogP contribution in [-0.2, 0) is 32.5 Å². The highest BCUT2D eigenvalue weighted by atomic mass is 32.2. The first kappa shape index (κ1) is 30.1. The summed E-state index contributed by atoms with van der Waals surface area (Å²) in [6, 6.07) is 18.6. The fourth-order valence-electron chi connectivity index (χ4n) is 4.77.